The van der Waals surface area contributed by atoms with Crippen molar-refractivity contribution >= 4 is 5.91 Å². The Kier molecular flexibility index (Phi) is 4.47. The highest BCUT2D eigenvalue weighted by molar-refractivity contribution is 5.98. The first-order valence-electron chi connectivity index (χ1n) is 8.82. The van der Waals surface area contributed by atoms with Gasteiger partial charge in [0.2, 0.25) is 0 Å². The second-order valence-corrected chi connectivity index (χ2v) is 7.75. The molecule has 1 aromatic carbocycles. The maximum atomic E-state index is 12.8. The summed E-state index contributed by atoms with van der Waals surface area (Å²) in [5.41, 5.74) is 0.999. The van der Waals surface area contributed by atoms with Gasteiger partial charge in [0.25, 0.3) is 5.91 Å². The van der Waals surface area contributed by atoms with E-state index in [1.54, 1.807) is 6.07 Å². The van der Waals surface area contributed by atoms with Crippen LogP contribution in [0.3, 0.4) is 0 Å². The van der Waals surface area contributed by atoms with Crippen LogP contribution in [0.25, 0.3) is 0 Å². The summed E-state index contributed by atoms with van der Waals surface area (Å²) in [6.45, 7) is 9.65. The van der Waals surface area contributed by atoms with Crippen LogP contribution in [0, 0.1) is 5.92 Å². The van der Waals surface area contributed by atoms with Crippen molar-refractivity contribution in [3.63, 3.8) is 0 Å². The second kappa shape index (κ2) is 6.28. The molecule has 1 saturated heterocycles. The normalized spacial score (nSPS) is 21.9. The summed E-state index contributed by atoms with van der Waals surface area (Å²) in [6, 6.07) is 3.65. The molecule has 132 valence electrons. The Labute approximate surface area is 144 Å². The Balaban J connectivity index is 1.73. The molecule has 0 bridgehead atoms. The highest BCUT2D eigenvalue weighted by atomic mass is 16.5. The van der Waals surface area contributed by atoms with Crippen LogP contribution in [0.2, 0.25) is 0 Å². The summed E-state index contributed by atoms with van der Waals surface area (Å²) in [4.78, 5) is 17.0. The number of nitrogens with zero attached hydrogens (tertiary/aromatic N) is 2. The number of aromatic hydroxyl groups is 1. The minimum absolute atomic E-state index is 0.00259. The summed E-state index contributed by atoms with van der Waals surface area (Å²) in [6.07, 6.45) is 1.77. The maximum Gasteiger partial charge on any atom is 0.257 e. The molecule has 0 radical (unpaired) electrons. The number of amides is 1. The molecule has 1 aromatic rings. The standard InChI is InChI=1S/C19H28N2O3/c1-5-20(4)11-13-8-9-21(12-13)18(23)15-7-6-14-10-19(2,3)24-17(14)16(15)22/h6-7,13,22H,5,8-12H2,1-4H3. The van der Waals surface area contributed by atoms with Crippen LogP contribution in [0.5, 0.6) is 11.5 Å². The van der Waals surface area contributed by atoms with Gasteiger partial charge in [-0.1, -0.05) is 13.0 Å². The van der Waals surface area contributed by atoms with Crippen LogP contribution in [0.4, 0.5) is 0 Å². The van der Waals surface area contributed by atoms with E-state index in [0.717, 1.165) is 44.6 Å². The number of likely N-dealkylation sites (tertiary alicyclic amines) is 1. The number of phenolic OH excluding ortho intramolecular Hbond substituents is 1. The smallest absolute Gasteiger partial charge is 0.257 e. The molecule has 5 nitrogen and oxygen atoms in total. The number of hydrogen-bond donors (Lipinski definition) is 1. The summed E-state index contributed by atoms with van der Waals surface area (Å²) in [7, 11) is 2.11. The van der Waals surface area contributed by atoms with Gasteiger partial charge in [0.15, 0.2) is 11.5 Å². The van der Waals surface area contributed by atoms with Crippen molar-refractivity contribution in [2.75, 3.05) is 33.2 Å². The van der Waals surface area contributed by atoms with Gasteiger partial charge in [0, 0.05) is 31.6 Å². The first kappa shape index (κ1) is 17.1. The fraction of sp³-hybridized carbons (Fsp3) is 0.632. The number of carbonyl (C=O) groups is 1. The molecule has 1 amide bonds. The van der Waals surface area contributed by atoms with Gasteiger partial charge in [-0.05, 0) is 45.8 Å². The van der Waals surface area contributed by atoms with Crippen LogP contribution in [-0.4, -0.2) is 59.6 Å². The highest BCUT2D eigenvalue weighted by Crippen LogP contribution is 2.43. The highest BCUT2D eigenvalue weighted by Gasteiger charge is 2.35. The lowest BCUT2D eigenvalue weighted by atomic mass is 10.00. The molecule has 1 fully saturated rings. The summed E-state index contributed by atoms with van der Waals surface area (Å²) < 4.78 is 5.84. The number of fused-ring (bicyclic) bond motifs is 1. The van der Waals surface area contributed by atoms with E-state index in [-0.39, 0.29) is 17.3 Å². The van der Waals surface area contributed by atoms with Crippen LogP contribution >= 0.6 is 0 Å². The van der Waals surface area contributed by atoms with Crippen LogP contribution in [0.1, 0.15) is 43.1 Å². The van der Waals surface area contributed by atoms with E-state index >= 15 is 0 Å². The molecule has 1 N–H and O–H groups in total. The van der Waals surface area contributed by atoms with E-state index in [0.29, 0.717) is 17.2 Å². The zero-order valence-electron chi connectivity index (χ0n) is 15.1. The third-order valence-corrected chi connectivity index (χ3v) is 5.12. The lowest BCUT2D eigenvalue weighted by Gasteiger charge is -2.21. The SMILES string of the molecule is CCN(C)CC1CCN(C(=O)c2ccc3c(c2O)OC(C)(C)C3)C1. The molecule has 3 rings (SSSR count). The van der Waals surface area contributed by atoms with E-state index in [2.05, 4.69) is 18.9 Å². The number of hydrogen-bond acceptors (Lipinski definition) is 4. The Morgan fingerprint density at radius 3 is 2.92 bits per heavy atom. The average molecular weight is 332 g/mol. The largest absolute Gasteiger partial charge is 0.504 e. The van der Waals surface area contributed by atoms with Gasteiger partial charge in [0.05, 0.1) is 5.56 Å². The molecule has 1 atom stereocenters. The monoisotopic (exact) mass is 332 g/mol. The van der Waals surface area contributed by atoms with Gasteiger partial charge >= 0.3 is 0 Å². The van der Waals surface area contributed by atoms with Gasteiger partial charge in [-0.25, -0.2) is 0 Å². The van der Waals surface area contributed by atoms with Crippen molar-refractivity contribution in [1.82, 2.24) is 9.80 Å². The molecular weight excluding hydrogens is 304 g/mol. The number of benzene rings is 1. The zero-order valence-corrected chi connectivity index (χ0v) is 15.1. The Hall–Kier alpha value is -1.75. The Bertz CT molecular complexity index is 642. The minimum atomic E-state index is -0.328. The number of carbonyl (C=O) groups excluding carboxylic acids is 1. The van der Waals surface area contributed by atoms with E-state index in [9.17, 15) is 9.90 Å². The number of rotatable bonds is 4. The predicted octanol–water partition coefficient (Wildman–Crippen LogP) is 2.52. The molecule has 0 saturated carbocycles. The van der Waals surface area contributed by atoms with Gasteiger partial charge in [-0.15, -0.1) is 0 Å². The summed E-state index contributed by atoms with van der Waals surface area (Å²) in [5.74, 6) is 0.889. The topological polar surface area (TPSA) is 53.0 Å². The van der Waals surface area contributed by atoms with Gasteiger partial charge in [0.1, 0.15) is 5.60 Å². The molecular formula is C19H28N2O3. The van der Waals surface area contributed by atoms with Crippen molar-refractivity contribution in [3.8, 4) is 11.5 Å². The predicted molar refractivity (Wildman–Crippen MR) is 93.7 cm³/mol. The van der Waals surface area contributed by atoms with Crippen molar-refractivity contribution in [2.24, 2.45) is 5.92 Å². The molecule has 0 aliphatic carbocycles. The fourth-order valence-corrected chi connectivity index (χ4v) is 3.72. The Morgan fingerprint density at radius 2 is 2.21 bits per heavy atom. The average Bonchev–Trinajstić information content (AvgIpc) is 3.10. The molecule has 24 heavy (non-hydrogen) atoms. The van der Waals surface area contributed by atoms with Crippen LogP contribution in [0.15, 0.2) is 12.1 Å². The second-order valence-electron chi connectivity index (χ2n) is 7.75. The summed E-state index contributed by atoms with van der Waals surface area (Å²) >= 11 is 0. The first-order chi connectivity index (χ1) is 11.3. The van der Waals surface area contributed by atoms with Crippen molar-refractivity contribution in [2.45, 2.75) is 39.2 Å². The molecule has 2 aliphatic heterocycles. The lowest BCUT2D eigenvalue weighted by Crippen LogP contribution is -2.31. The molecule has 2 aliphatic rings. The zero-order chi connectivity index (χ0) is 17.5. The molecule has 0 spiro atoms. The van der Waals surface area contributed by atoms with E-state index in [1.165, 1.54) is 0 Å². The van der Waals surface area contributed by atoms with E-state index in [4.69, 9.17) is 4.74 Å². The molecule has 5 heteroatoms. The third-order valence-electron chi connectivity index (χ3n) is 5.12. The van der Waals surface area contributed by atoms with Gasteiger partial charge in [-0.3, -0.25) is 4.79 Å². The van der Waals surface area contributed by atoms with Crippen molar-refractivity contribution in [3.05, 3.63) is 23.3 Å². The Morgan fingerprint density at radius 1 is 1.46 bits per heavy atom. The first-order valence-corrected chi connectivity index (χ1v) is 8.82. The van der Waals surface area contributed by atoms with Crippen molar-refractivity contribution < 1.29 is 14.6 Å². The quantitative estimate of drug-likeness (QED) is 0.920. The van der Waals surface area contributed by atoms with Crippen molar-refractivity contribution in [1.29, 1.82) is 0 Å². The molecule has 1 unspecified atom stereocenters. The van der Waals surface area contributed by atoms with Gasteiger partial charge in [-0.2, -0.15) is 0 Å². The maximum absolute atomic E-state index is 12.8. The lowest BCUT2D eigenvalue weighted by molar-refractivity contribution is 0.0779. The molecule has 0 aromatic heterocycles. The number of phenols is 1. The van der Waals surface area contributed by atoms with E-state index < -0.39 is 0 Å². The van der Waals surface area contributed by atoms with E-state index in [1.807, 2.05) is 24.8 Å². The third kappa shape index (κ3) is 3.22. The number of ether oxygens (including phenoxy) is 1. The summed E-state index contributed by atoms with van der Waals surface area (Å²) in [5, 5.41) is 10.5. The fourth-order valence-electron chi connectivity index (χ4n) is 3.72. The van der Waals surface area contributed by atoms with Gasteiger partial charge < -0.3 is 19.6 Å². The van der Waals surface area contributed by atoms with Crippen LogP contribution < -0.4 is 4.74 Å². The van der Waals surface area contributed by atoms with Crippen LogP contribution in [-0.2, 0) is 6.42 Å². The molecule has 2 heterocycles. The minimum Gasteiger partial charge on any atom is -0.504 e.